The summed E-state index contributed by atoms with van der Waals surface area (Å²) in [7, 11) is 3.88. The fourth-order valence-electron chi connectivity index (χ4n) is 2.30. The van der Waals surface area contributed by atoms with Gasteiger partial charge in [0, 0.05) is 25.7 Å². The Balaban J connectivity index is 2.15. The summed E-state index contributed by atoms with van der Waals surface area (Å²) in [6.45, 7) is 6.70. The number of nitrogens with one attached hydrogen (secondary N) is 1. The van der Waals surface area contributed by atoms with E-state index in [9.17, 15) is 0 Å². The van der Waals surface area contributed by atoms with Gasteiger partial charge >= 0.3 is 0 Å². The highest BCUT2D eigenvalue weighted by Gasteiger charge is 2.16. The van der Waals surface area contributed by atoms with Gasteiger partial charge in [-0.25, -0.2) is 0 Å². The summed E-state index contributed by atoms with van der Waals surface area (Å²) in [6.07, 6.45) is 2.81. The average Bonchev–Trinajstić information content (AvgIpc) is 2.81. The van der Waals surface area contributed by atoms with E-state index in [4.69, 9.17) is 0 Å². The van der Waals surface area contributed by atoms with E-state index in [1.165, 1.54) is 11.1 Å². The molecule has 4 heteroatoms. The van der Waals surface area contributed by atoms with Crippen molar-refractivity contribution in [2.45, 2.75) is 38.6 Å². The second kappa shape index (κ2) is 5.75. The van der Waals surface area contributed by atoms with Crippen molar-refractivity contribution in [3.8, 4) is 0 Å². The Morgan fingerprint density at radius 3 is 2.30 bits per heavy atom. The van der Waals surface area contributed by atoms with Crippen molar-refractivity contribution in [1.82, 2.24) is 20.3 Å². The van der Waals surface area contributed by atoms with Gasteiger partial charge in [0.2, 0.25) is 0 Å². The molecule has 0 saturated heterocycles. The van der Waals surface area contributed by atoms with Crippen molar-refractivity contribution >= 4 is 0 Å². The zero-order chi connectivity index (χ0) is 14.8. The molecule has 1 heterocycles. The third-order valence-corrected chi connectivity index (χ3v) is 3.59. The van der Waals surface area contributed by atoms with Gasteiger partial charge in [-0.15, -0.1) is 5.10 Å². The van der Waals surface area contributed by atoms with Crippen molar-refractivity contribution in [3.05, 3.63) is 47.3 Å². The minimum absolute atomic E-state index is 0.193. The van der Waals surface area contributed by atoms with Crippen LogP contribution < -0.4 is 5.32 Å². The predicted octanol–water partition coefficient (Wildman–Crippen LogP) is 2.62. The first kappa shape index (κ1) is 14.7. The highest BCUT2D eigenvalue weighted by atomic mass is 15.4. The molecule has 1 aromatic carbocycles. The Labute approximate surface area is 121 Å². The van der Waals surface area contributed by atoms with E-state index < -0.39 is 0 Å². The lowest BCUT2D eigenvalue weighted by molar-refractivity contribution is 0.575. The molecule has 0 aliphatic carbocycles. The first-order valence-electron chi connectivity index (χ1n) is 7.03. The first-order valence-corrected chi connectivity index (χ1v) is 7.03. The van der Waals surface area contributed by atoms with Crippen molar-refractivity contribution in [1.29, 1.82) is 0 Å². The van der Waals surface area contributed by atoms with E-state index in [0.717, 1.165) is 12.1 Å². The quantitative estimate of drug-likeness (QED) is 0.930. The zero-order valence-electron chi connectivity index (χ0n) is 13.0. The Morgan fingerprint density at radius 1 is 1.20 bits per heavy atom. The zero-order valence-corrected chi connectivity index (χ0v) is 13.0. The van der Waals surface area contributed by atoms with Crippen molar-refractivity contribution in [3.63, 3.8) is 0 Å². The molecule has 0 aliphatic rings. The lowest BCUT2D eigenvalue weighted by Crippen LogP contribution is -2.19. The van der Waals surface area contributed by atoms with Crippen LogP contribution in [-0.4, -0.2) is 22.0 Å². The molecule has 108 valence electrons. The second-order valence-corrected chi connectivity index (χ2v) is 6.30. The van der Waals surface area contributed by atoms with Gasteiger partial charge in [0.25, 0.3) is 0 Å². The van der Waals surface area contributed by atoms with Gasteiger partial charge < -0.3 is 5.32 Å². The van der Waals surface area contributed by atoms with Crippen LogP contribution in [0.25, 0.3) is 0 Å². The maximum absolute atomic E-state index is 4.16. The fraction of sp³-hybridized carbons (Fsp3) is 0.500. The van der Waals surface area contributed by atoms with Gasteiger partial charge in [0.05, 0.1) is 5.69 Å². The molecule has 0 bridgehead atoms. The molecule has 0 spiro atoms. The fourth-order valence-corrected chi connectivity index (χ4v) is 2.30. The molecular formula is C16H24N4. The van der Waals surface area contributed by atoms with Crippen LogP contribution in [0.3, 0.4) is 0 Å². The molecule has 2 rings (SSSR count). The molecule has 0 saturated carbocycles. The summed E-state index contributed by atoms with van der Waals surface area (Å²) in [4.78, 5) is 0. The minimum atomic E-state index is 0.193. The number of hydrogen-bond acceptors (Lipinski definition) is 3. The monoisotopic (exact) mass is 272 g/mol. The van der Waals surface area contributed by atoms with Crippen LogP contribution in [0.4, 0.5) is 0 Å². The predicted molar refractivity (Wildman–Crippen MR) is 81.6 cm³/mol. The Kier molecular flexibility index (Phi) is 4.23. The highest BCUT2D eigenvalue weighted by Crippen LogP contribution is 2.24. The van der Waals surface area contributed by atoms with Crippen LogP contribution >= 0.6 is 0 Å². The molecule has 0 aliphatic heterocycles. The van der Waals surface area contributed by atoms with Crippen molar-refractivity contribution < 1.29 is 0 Å². The normalized spacial score (nSPS) is 13.4. The van der Waals surface area contributed by atoms with Crippen molar-refractivity contribution in [2.75, 3.05) is 7.05 Å². The molecule has 0 radical (unpaired) electrons. The van der Waals surface area contributed by atoms with E-state index in [1.807, 2.05) is 20.3 Å². The van der Waals surface area contributed by atoms with Gasteiger partial charge in [-0.3, -0.25) is 4.68 Å². The third-order valence-electron chi connectivity index (χ3n) is 3.59. The molecule has 0 amide bonds. The highest BCUT2D eigenvalue weighted by molar-refractivity contribution is 5.29. The maximum atomic E-state index is 4.16. The van der Waals surface area contributed by atoms with Gasteiger partial charge in [0.15, 0.2) is 0 Å². The van der Waals surface area contributed by atoms with E-state index in [1.54, 1.807) is 4.68 Å². The molecule has 1 aromatic heterocycles. The number of aromatic nitrogens is 3. The van der Waals surface area contributed by atoms with E-state index in [-0.39, 0.29) is 11.5 Å². The lowest BCUT2D eigenvalue weighted by Gasteiger charge is -2.21. The number of aryl methyl sites for hydroxylation is 1. The Hall–Kier alpha value is -1.68. The van der Waals surface area contributed by atoms with Gasteiger partial charge in [-0.05, 0) is 23.6 Å². The summed E-state index contributed by atoms with van der Waals surface area (Å²) < 4.78 is 1.74. The topological polar surface area (TPSA) is 42.7 Å². The van der Waals surface area contributed by atoms with E-state index in [0.29, 0.717) is 0 Å². The number of nitrogens with zero attached hydrogens (tertiary/aromatic N) is 3. The number of likely N-dealkylation sites (N-methyl/N-ethyl adjacent to an activating group) is 1. The summed E-state index contributed by atoms with van der Waals surface area (Å²) >= 11 is 0. The number of rotatable bonds is 4. The molecule has 1 atom stereocenters. The number of benzene rings is 1. The van der Waals surface area contributed by atoms with E-state index in [2.05, 4.69) is 60.7 Å². The largest absolute Gasteiger partial charge is 0.313 e. The summed E-state index contributed by atoms with van der Waals surface area (Å²) in [5, 5.41) is 11.5. The minimum Gasteiger partial charge on any atom is -0.313 e. The van der Waals surface area contributed by atoms with Crippen LogP contribution in [0.1, 0.15) is 43.6 Å². The maximum Gasteiger partial charge on any atom is 0.0845 e. The molecule has 2 aromatic rings. The van der Waals surface area contributed by atoms with E-state index >= 15 is 0 Å². The standard InChI is InChI=1S/C16H24N4/c1-16(2,3)13-8-6-12(7-9-13)15(17-4)10-14-11-20(5)19-18-14/h6-9,11,15,17H,10H2,1-5H3. The van der Waals surface area contributed by atoms with Gasteiger partial charge in [-0.1, -0.05) is 50.3 Å². The van der Waals surface area contributed by atoms with Crippen LogP contribution in [-0.2, 0) is 18.9 Å². The van der Waals surface area contributed by atoms with Crippen LogP contribution in [0, 0.1) is 0 Å². The number of hydrogen-bond donors (Lipinski definition) is 1. The Morgan fingerprint density at radius 2 is 1.85 bits per heavy atom. The second-order valence-electron chi connectivity index (χ2n) is 6.30. The van der Waals surface area contributed by atoms with Crippen molar-refractivity contribution in [2.24, 2.45) is 7.05 Å². The van der Waals surface area contributed by atoms with Crippen LogP contribution in [0.5, 0.6) is 0 Å². The molecule has 1 unspecified atom stereocenters. The first-order chi connectivity index (χ1) is 9.40. The Bertz CT molecular complexity index is 549. The molecule has 1 N–H and O–H groups in total. The summed E-state index contributed by atoms with van der Waals surface area (Å²) in [5.41, 5.74) is 3.84. The molecule has 20 heavy (non-hydrogen) atoms. The average molecular weight is 272 g/mol. The molecule has 0 fully saturated rings. The summed E-state index contributed by atoms with van der Waals surface area (Å²) in [6, 6.07) is 9.11. The van der Waals surface area contributed by atoms with Gasteiger partial charge in [-0.2, -0.15) is 0 Å². The van der Waals surface area contributed by atoms with Crippen LogP contribution in [0.15, 0.2) is 30.5 Å². The smallest absolute Gasteiger partial charge is 0.0845 e. The molecular weight excluding hydrogens is 248 g/mol. The third kappa shape index (κ3) is 3.45. The molecule has 4 nitrogen and oxygen atoms in total. The van der Waals surface area contributed by atoms with Crippen LogP contribution in [0.2, 0.25) is 0 Å². The summed E-state index contributed by atoms with van der Waals surface area (Å²) in [5.74, 6) is 0. The SMILES string of the molecule is CNC(Cc1cn(C)nn1)c1ccc(C(C)(C)C)cc1. The van der Waals surface area contributed by atoms with Gasteiger partial charge in [0.1, 0.15) is 0 Å². The lowest BCUT2D eigenvalue weighted by atomic mass is 9.86.